The molecule has 0 nitrogen and oxygen atoms in total. The monoisotopic (exact) mass is 216 g/mol. The molecular formula is C16H24. The Balaban J connectivity index is 0. The van der Waals surface area contributed by atoms with Crippen LogP contribution in [-0.2, 0) is 0 Å². The molecule has 0 aromatic carbocycles. The zero-order chi connectivity index (χ0) is 12.5. The first kappa shape index (κ1) is 16.9. The Morgan fingerprint density at radius 3 is 0.625 bits per heavy atom. The van der Waals surface area contributed by atoms with Gasteiger partial charge in [-0.15, -0.1) is 0 Å². The normalized spacial score (nSPS) is 12.8. The number of allylic oxidation sites excluding steroid dienone is 12. The lowest BCUT2D eigenvalue weighted by Crippen LogP contribution is -1.46. The van der Waals surface area contributed by atoms with E-state index in [4.69, 9.17) is 0 Å². The summed E-state index contributed by atoms with van der Waals surface area (Å²) in [6.45, 7) is 8.00. The minimum Gasteiger partial charge on any atom is -0.0877 e. The van der Waals surface area contributed by atoms with Crippen LogP contribution in [0, 0.1) is 0 Å². The van der Waals surface area contributed by atoms with Crippen LogP contribution in [0.3, 0.4) is 0 Å². The van der Waals surface area contributed by atoms with Gasteiger partial charge in [0.05, 0.1) is 0 Å². The predicted octanol–water partition coefficient (Wildman–Crippen LogP) is 5.39. The SMILES string of the molecule is CC=CC=CC=CC.CC=CC=CC=CC. The summed E-state index contributed by atoms with van der Waals surface area (Å²) in [7, 11) is 0. The van der Waals surface area contributed by atoms with Crippen molar-refractivity contribution in [1.29, 1.82) is 0 Å². The highest BCUT2D eigenvalue weighted by molar-refractivity contribution is 5.10. The maximum absolute atomic E-state index is 2.00. The van der Waals surface area contributed by atoms with E-state index in [0.717, 1.165) is 0 Å². The topological polar surface area (TPSA) is 0 Å². The van der Waals surface area contributed by atoms with Crippen LogP contribution in [0.5, 0.6) is 0 Å². The zero-order valence-corrected chi connectivity index (χ0v) is 10.9. The molecule has 0 fully saturated rings. The van der Waals surface area contributed by atoms with Crippen LogP contribution in [0.2, 0.25) is 0 Å². The number of hydrogen-bond acceptors (Lipinski definition) is 0. The average molecular weight is 216 g/mol. The van der Waals surface area contributed by atoms with E-state index in [9.17, 15) is 0 Å². The molecule has 0 saturated carbocycles. The molecule has 0 N–H and O–H groups in total. The van der Waals surface area contributed by atoms with Crippen molar-refractivity contribution in [3.63, 3.8) is 0 Å². The molecule has 0 aliphatic rings. The third kappa shape index (κ3) is 22.9. The Morgan fingerprint density at radius 2 is 0.500 bits per heavy atom. The van der Waals surface area contributed by atoms with Crippen LogP contribution in [0.4, 0.5) is 0 Å². The fourth-order valence-corrected chi connectivity index (χ4v) is 0.701. The maximum atomic E-state index is 2.00. The van der Waals surface area contributed by atoms with E-state index in [-0.39, 0.29) is 0 Å². The maximum Gasteiger partial charge on any atom is -0.0467 e. The van der Waals surface area contributed by atoms with Gasteiger partial charge >= 0.3 is 0 Å². The van der Waals surface area contributed by atoms with Gasteiger partial charge in [-0.3, -0.25) is 0 Å². The van der Waals surface area contributed by atoms with Crippen molar-refractivity contribution in [1.82, 2.24) is 0 Å². The van der Waals surface area contributed by atoms with Gasteiger partial charge in [-0.2, -0.15) is 0 Å². The fraction of sp³-hybridized carbons (Fsp3) is 0.250. The van der Waals surface area contributed by atoms with E-state index >= 15 is 0 Å². The molecule has 0 saturated heterocycles. The molecule has 0 aromatic heterocycles. The minimum atomic E-state index is 2.00. The lowest BCUT2D eigenvalue weighted by Gasteiger charge is -1.68. The van der Waals surface area contributed by atoms with Crippen LogP contribution in [0.1, 0.15) is 27.7 Å². The molecule has 0 rings (SSSR count). The second kappa shape index (κ2) is 19.1. The molecule has 0 aliphatic carbocycles. The van der Waals surface area contributed by atoms with Gasteiger partial charge < -0.3 is 0 Å². The summed E-state index contributed by atoms with van der Waals surface area (Å²) in [6, 6.07) is 0. The second-order valence-electron chi connectivity index (χ2n) is 2.87. The lowest BCUT2D eigenvalue weighted by atomic mass is 10.4. The first-order chi connectivity index (χ1) is 7.83. The molecule has 0 heterocycles. The van der Waals surface area contributed by atoms with Crippen molar-refractivity contribution < 1.29 is 0 Å². The van der Waals surface area contributed by atoms with Crippen LogP contribution in [0.25, 0.3) is 0 Å². The fourth-order valence-electron chi connectivity index (χ4n) is 0.701. The molecule has 0 amide bonds. The van der Waals surface area contributed by atoms with Gasteiger partial charge in [0.25, 0.3) is 0 Å². The predicted molar refractivity (Wildman–Crippen MR) is 77.5 cm³/mol. The molecule has 16 heavy (non-hydrogen) atoms. The van der Waals surface area contributed by atoms with Crippen LogP contribution in [0.15, 0.2) is 72.9 Å². The Morgan fingerprint density at radius 1 is 0.312 bits per heavy atom. The second-order valence-corrected chi connectivity index (χ2v) is 2.87. The van der Waals surface area contributed by atoms with Crippen molar-refractivity contribution in [3.05, 3.63) is 72.9 Å². The largest absolute Gasteiger partial charge is 0.0877 e. The standard InChI is InChI=1S/2C8H12/c2*1-3-5-7-8-6-4-2/h2*3-8H,1-2H3. The highest BCUT2D eigenvalue weighted by atomic mass is 13.6. The summed E-state index contributed by atoms with van der Waals surface area (Å²) in [5.74, 6) is 0. The van der Waals surface area contributed by atoms with Gasteiger partial charge in [0.15, 0.2) is 0 Å². The van der Waals surface area contributed by atoms with Crippen LogP contribution < -0.4 is 0 Å². The van der Waals surface area contributed by atoms with E-state index in [0.29, 0.717) is 0 Å². The van der Waals surface area contributed by atoms with E-state index in [2.05, 4.69) is 0 Å². The van der Waals surface area contributed by atoms with Crippen molar-refractivity contribution in [2.45, 2.75) is 27.7 Å². The van der Waals surface area contributed by atoms with Gasteiger partial charge in [-0.25, -0.2) is 0 Å². The number of rotatable bonds is 4. The van der Waals surface area contributed by atoms with Gasteiger partial charge in [0.2, 0.25) is 0 Å². The van der Waals surface area contributed by atoms with E-state index in [1.165, 1.54) is 0 Å². The molecule has 0 aromatic rings. The first-order valence-corrected chi connectivity index (χ1v) is 5.64. The summed E-state index contributed by atoms with van der Waals surface area (Å²) in [5.41, 5.74) is 0. The van der Waals surface area contributed by atoms with Crippen LogP contribution in [-0.4, -0.2) is 0 Å². The van der Waals surface area contributed by atoms with Crippen LogP contribution >= 0.6 is 0 Å². The molecule has 0 aliphatic heterocycles. The Hall–Kier alpha value is -1.56. The van der Waals surface area contributed by atoms with E-state index < -0.39 is 0 Å². The van der Waals surface area contributed by atoms with E-state index in [1.807, 2.05) is 101 Å². The summed E-state index contributed by atoms with van der Waals surface area (Å²) in [5, 5.41) is 0. The Bertz CT molecular complexity index is 212. The molecule has 0 atom stereocenters. The quantitative estimate of drug-likeness (QED) is 0.553. The summed E-state index contributed by atoms with van der Waals surface area (Å²) >= 11 is 0. The van der Waals surface area contributed by atoms with Crippen molar-refractivity contribution in [2.24, 2.45) is 0 Å². The highest BCUT2D eigenvalue weighted by Gasteiger charge is 1.56. The number of hydrogen-bond donors (Lipinski definition) is 0. The van der Waals surface area contributed by atoms with Crippen molar-refractivity contribution >= 4 is 0 Å². The molecule has 0 bridgehead atoms. The third-order valence-electron chi connectivity index (χ3n) is 1.44. The molecule has 0 spiro atoms. The zero-order valence-electron chi connectivity index (χ0n) is 10.9. The van der Waals surface area contributed by atoms with Crippen molar-refractivity contribution in [2.75, 3.05) is 0 Å². The highest BCUT2D eigenvalue weighted by Crippen LogP contribution is 1.78. The molecule has 0 radical (unpaired) electrons. The molecule has 88 valence electrons. The smallest absolute Gasteiger partial charge is 0.0467 e. The van der Waals surface area contributed by atoms with Gasteiger partial charge in [-0.1, -0.05) is 72.9 Å². The van der Waals surface area contributed by atoms with E-state index in [1.54, 1.807) is 0 Å². The summed E-state index contributed by atoms with van der Waals surface area (Å²) < 4.78 is 0. The van der Waals surface area contributed by atoms with Crippen molar-refractivity contribution in [3.8, 4) is 0 Å². The van der Waals surface area contributed by atoms with Gasteiger partial charge in [0, 0.05) is 0 Å². The third-order valence-corrected chi connectivity index (χ3v) is 1.44. The molecular weight excluding hydrogens is 192 g/mol. The summed E-state index contributed by atoms with van der Waals surface area (Å²) in [6.07, 6.45) is 24.0. The molecule has 0 heteroatoms. The minimum absolute atomic E-state index is 2.00. The van der Waals surface area contributed by atoms with Gasteiger partial charge in [0.1, 0.15) is 0 Å². The lowest BCUT2D eigenvalue weighted by molar-refractivity contribution is 1.71. The molecule has 0 unspecified atom stereocenters. The Labute approximate surface area is 101 Å². The van der Waals surface area contributed by atoms with Gasteiger partial charge in [-0.05, 0) is 27.7 Å². The Kier molecular flexibility index (Phi) is 20.1. The summed E-state index contributed by atoms with van der Waals surface area (Å²) in [4.78, 5) is 0. The first-order valence-electron chi connectivity index (χ1n) is 5.64. The average Bonchev–Trinajstić information content (AvgIpc) is 2.31.